The van der Waals surface area contributed by atoms with Gasteiger partial charge in [-0.15, -0.1) is 0 Å². The van der Waals surface area contributed by atoms with Crippen LogP contribution in [0.5, 0.6) is 0 Å². The minimum absolute atomic E-state index is 0.101. The van der Waals surface area contributed by atoms with Gasteiger partial charge < -0.3 is 14.7 Å². The fourth-order valence-corrected chi connectivity index (χ4v) is 2.29. The Morgan fingerprint density at radius 2 is 2.10 bits per heavy atom. The lowest BCUT2D eigenvalue weighted by molar-refractivity contribution is 0.435. The average molecular weight is 293 g/mol. The van der Waals surface area contributed by atoms with Crippen molar-refractivity contribution >= 4 is 17.5 Å². The van der Waals surface area contributed by atoms with Crippen LogP contribution in [-0.2, 0) is 0 Å². The number of nitrogens with zero attached hydrogens (tertiary/aromatic N) is 1. The quantitative estimate of drug-likeness (QED) is 0.765. The van der Waals surface area contributed by atoms with E-state index < -0.39 is 5.82 Å². The second-order valence-electron chi connectivity index (χ2n) is 4.33. The first-order chi connectivity index (χ1) is 9.58. The van der Waals surface area contributed by atoms with Crippen LogP contribution in [0.15, 0.2) is 39.5 Å². The highest BCUT2D eigenvalue weighted by Crippen LogP contribution is 2.40. The number of rotatable bonds is 2. The summed E-state index contributed by atoms with van der Waals surface area (Å²) in [4.78, 5) is 0. The van der Waals surface area contributed by atoms with Gasteiger partial charge in [0.05, 0.1) is 16.8 Å². The number of furan rings is 1. The van der Waals surface area contributed by atoms with Crippen molar-refractivity contribution < 1.29 is 13.3 Å². The second kappa shape index (κ2) is 4.68. The van der Waals surface area contributed by atoms with Gasteiger partial charge in [-0.05, 0) is 36.8 Å². The van der Waals surface area contributed by atoms with Crippen molar-refractivity contribution in [3.8, 4) is 22.6 Å². The summed E-state index contributed by atoms with van der Waals surface area (Å²) in [5.41, 5.74) is 8.18. The van der Waals surface area contributed by atoms with Crippen LogP contribution >= 0.6 is 11.6 Å². The third-order valence-corrected chi connectivity index (χ3v) is 3.31. The molecule has 3 rings (SSSR count). The van der Waals surface area contributed by atoms with E-state index in [2.05, 4.69) is 5.16 Å². The molecule has 0 atom stereocenters. The maximum atomic E-state index is 13.2. The van der Waals surface area contributed by atoms with Crippen LogP contribution in [0.4, 0.5) is 10.3 Å². The van der Waals surface area contributed by atoms with Crippen LogP contribution in [0.1, 0.15) is 5.56 Å². The molecule has 3 aromatic rings. The van der Waals surface area contributed by atoms with Crippen molar-refractivity contribution in [3.63, 3.8) is 0 Å². The number of aromatic nitrogens is 1. The van der Waals surface area contributed by atoms with Crippen LogP contribution in [0.2, 0.25) is 5.02 Å². The lowest BCUT2D eigenvalue weighted by Gasteiger charge is -2.04. The largest absolute Gasteiger partial charge is 0.462 e. The average Bonchev–Trinajstić information content (AvgIpc) is 2.96. The predicted molar refractivity (Wildman–Crippen MR) is 73.8 cm³/mol. The monoisotopic (exact) mass is 292 g/mol. The van der Waals surface area contributed by atoms with Crippen molar-refractivity contribution in [3.05, 3.63) is 46.9 Å². The molecule has 0 unspecified atom stereocenters. The summed E-state index contributed by atoms with van der Waals surface area (Å²) in [6, 6.07) is 5.84. The highest BCUT2D eigenvalue weighted by Gasteiger charge is 2.22. The lowest BCUT2D eigenvalue weighted by Crippen LogP contribution is -1.89. The third kappa shape index (κ3) is 1.96. The molecule has 2 heterocycles. The summed E-state index contributed by atoms with van der Waals surface area (Å²) >= 11 is 6.07. The highest BCUT2D eigenvalue weighted by atomic mass is 35.5. The maximum absolute atomic E-state index is 13.2. The van der Waals surface area contributed by atoms with Crippen molar-refractivity contribution in [2.75, 3.05) is 5.73 Å². The van der Waals surface area contributed by atoms with E-state index in [-0.39, 0.29) is 10.9 Å². The molecule has 0 bridgehead atoms. The number of hydrogen-bond donors (Lipinski definition) is 1. The van der Waals surface area contributed by atoms with Crippen LogP contribution in [-0.4, -0.2) is 5.16 Å². The number of hydrogen-bond acceptors (Lipinski definition) is 4. The molecule has 0 radical (unpaired) electrons. The summed E-state index contributed by atoms with van der Waals surface area (Å²) in [6.07, 6.45) is 1.55. The Labute approximate surface area is 118 Å². The Balaban J connectivity index is 2.24. The Hall–Kier alpha value is -2.27. The standard InChI is InChI=1S/C14H10ClFN2O2/c1-7-4-5-19-13(7)12-11(14(17)20-18-12)9-3-2-8(16)6-10(9)15/h2-6H,17H2,1H3. The number of anilines is 1. The molecule has 0 saturated heterocycles. The first kappa shape index (κ1) is 12.7. The van der Waals surface area contributed by atoms with E-state index in [1.165, 1.54) is 18.2 Å². The molecule has 102 valence electrons. The van der Waals surface area contributed by atoms with Crippen LogP contribution < -0.4 is 5.73 Å². The SMILES string of the molecule is Cc1ccoc1-c1noc(N)c1-c1ccc(F)cc1Cl. The van der Waals surface area contributed by atoms with Crippen molar-refractivity contribution in [2.45, 2.75) is 6.92 Å². The number of halogens is 2. The molecule has 0 aliphatic heterocycles. The fourth-order valence-electron chi connectivity index (χ4n) is 2.03. The Morgan fingerprint density at radius 1 is 1.30 bits per heavy atom. The van der Waals surface area contributed by atoms with Gasteiger partial charge in [-0.3, -0.25) is 0 Å². The molecular weight excluding hydrogens is 283 g/mol. The number of aryl methyl sites for hydroxylation is 1. The number of benzene rings is 1. The summed E-state index contributed by atoms with van der Waals surface area (Å²) in [6.45, 7) is 1.87. The first-order valence-corrected chi connectivity index (χ1v) is 6.20. The molecule has 4 nitrogen and oxygen atoms in total. The predicted octanol–water partition coefficient (Wildman–Crippen LogP) is 4.28. The third-order valence-electron chi connectivity index (χ3n) is 3.00. The topological polar surface area (TPSA) is 65.2 Å². The smallest absolute Gasteiger partial charge is 0.230 e. The Bertz CT molecular complexity index is 779. The summed E-state index contributed by atoms with van der Waals surface area (Å²) in [5.74, 6) is 0.217. The van der Waals surface area contributed by atoms with E-state index in [1.807, 2.05) is 6.92 Å². The zero-order chi connectivity index (χ0) is 14.3. The molecule has 0 spiro atoms. The highest BCUT2D eigenvalue weighted by molar-refractivity contribution is 6.33. The molecule has 0 aliphatic carbocycles. The second-order valence-corrected chi connectivity index (χ2v) is 4.73. The van der Waals surface area contributed by atoms with Crippen molar-refractivity contribution in [2.24, 2.45) is 0 Å². The number of nitrogens with two attached hydrogens (primary N) is 1. The molecular formula is C14H10ClFN2O2. The molecule has 0 saturated carbocycles. The van der Waals surface area contributed by atoms with Crippen LogP contribution in [0, 0.1) is 12.7 Å². The zero-order valence-corrected chi connectivity index (χ0v) is 11.2. The molecule has 0 aliphatic rings. The van der Waals surface area contributed by atoms with Gasteiger partial charge in [0.25, 0.3) is 0 Å². The Kier molecular flexibility index (Phi) is 2.99. The molecule has 0 amide bonds. The van der Waals surface area contributed by atoms with Gasteiger partial charge in [0.2, 0.25) is 5.88 Å². The van der Waals surface area contributed by atoms with E-state index in [0.717, 1.165) is 5.56 Å². The van der Waals surface area contributed by atoms with E-state index in [9.17, 15) is 4.39 Å². The molecule has 2 N–H and O–H groups in total. The van der Waals surface area contributed by atoms with Crippen LogP contribution in [0.25, 0.3) is 22.6 Å². The van der Waals surface area contributed by atoms with Gasteiger partial charge in [0, 0.05) is 5.56 Å². The van der Waals surface area contributed by atoms with E-state index in [4.69, 9.17) is 26.3 Å². The molecule has 2 aromatic heterocycles. The van der Waals surface area contributed by atoms with Gasteiger partial charge in [0.15, 0.2) is 11.5 Å². The van der Waals surface area contributed by atoms with Crippen LogP contribution in [0.3, 0.4) is 0 Å². The summed E-state index contributed by atoms with van der Waals surface area (Å²) in [5, 5.41) is 4.14. The minimum atomic E-state index is -0.426. The van der Waals surface area contributed by atoms with Crippen molar-refractivity contribution in [1.82, 2.24) is 5.16 Å². The molecule has 1 aromatic carbocycles. The normalized spacial score (nSPS) is 10.9. The molecule has 20 heavy (non-hydrogen) atoms. The van der Waals surface area contributed by atoms with Gasteiger partial charge in [0.1, 0.15) is 5.82 Å². The van der Waals surface area contributed by atoms with E-state index in [0.29, 0.717) is 22.6 Å². The maximum Gasteiger partial charge on any atom is 0.230 e. The van der Waals surface area contributed by atoms with Gasteiger partial charge in [-0.1, -0.05) is 16.8 Å². The van der Waals surface area contributed by atoms with Gasteiger partial charge >= 0.3 is 0 Å². The van der Waals surface area contributed by atoms with Gasteiger partial charge in [-0.2, -0.15) is 0 Å². The summed E-state index contributed by atoms with van der Waals surface area (Å²) in [7, 11) is 0. The minimum Gasteiger partial charge on any atom is -0.462 e. The van der Waals surface area contributed by atoms with E-state index >= 15 is 0 Å². The van der Waals surface area contributed by atoms with E-state index in [1.54, 1.807) is 12.3 Å². The first-order valence-electron chi connectivity index (χ1n) is 5.83. The number of nitrogen functional groups attached to an aromatic ring is 1. The zero-order valence-electron chi connectivity index (χ0n) is 10.5. The fraction of sp³-hybridized carbons (Fsp3) is 0.0714. The molecule has 6 heteroatoms. The Morgan fingerprint density at radius 3 is 2.75 bits per heavy atom. The molecule has 0 fully saturated rings. The summed E-state index contributed by atoms with van der Waals surface area (Å²) < 4.78 is 23.6. The lowest BCUT2D eigenvalue weighted by atomic mass is 10.0. The van der Waals surface area contributed by atoms with Gasteiger partial charge in [-0.25, -0.2) is 4.39 Å². The van der Waals surface area contributed by atoms with Crippen molar-refractivity contribution in [1.29, 1.82) is 0 Å².